The molecule has 1 aromatic heterocycles. The highest BCUT2D eigenvalue weighted by atomic mass is 35.5. The van der Waals surface area contributed by atoms with Gasteiger partial charge in [0.25, 0.3) is 0 Å². The molecule has 1 atom stereocenters. The molecule has 0 radical (unpaired) electrons. The van der Waals surface area contributed by atoms with Crippen LogP contribution in [0.25, 0.3) is 10.9 Å². The number of carbonyl (C=O) groups is 1. The molecule has 0 unspecified atom stereocenters. The molecule has 1 amide bonds. The molecule has 3 aromatic rings. The summed E-state index contributed by atoms with van der Waals surface area (Å²) in [5.74, 6) is 0.968. The van der Waals surface area contributed by atoms with Gasteiger partial charge in [0.05, 0.1) is 19.1 Å². The lowest BCUT2D eigenvalue weighted by Crippen LogP contribution is -2.32. The molecule has 2 aromatic carbocycles. The van der Waals surface area contributed by atoms with Crippen LogP contribution in [0.3, 0.4) is 0 Å². The molecule has 4 nitrogen and oxygen atoms in total. The van der Waals surface area contributed by atoms with E-state index in [0.29, 0.717) is 6.42 Å². The van der Waals surface area contributed by atoms with Crippen LogP contribution in [0.2, 0.25) is 5.02 Å². The minimum atomic E-state index is 0.0260. The number of fused-ring (bicyclic) bond motifs is 4. The van der Waals surface area contributed by atoms with Gasteiger partial charge in [0.15, 0.2) is 0 Å². The lowest BCUT2D eigenvalue weighted by atomic mass is 9.91. The summed E-state index contributed by atoms with van der Waals surface area (Å²) < 4.78 is 5.61. The Hall–Kier alpha value is -2.46. The Kier molecular flexibility index (Phi) is 4.09. The largest absolute Gasteiger partial charge is 0.493 e. The average Bonchev–Trinajstić information content (AvgIpc) is 3.26. The molecule has 0 fully saturated rings. The van der Waals surface area contributed by atoms with Crippen LogP contribution in [-0.4, -0.2) is 17.5 Å². The van der Waals surface area contributed by atoms with Crippen molar-refractivity contribution in [1.82, 2.24) is 10.3 Å². The third-order valence-electron chi connectivity index (χ3n) is 5.63. The number of benzene rings is 2. The maximum Gasteiger partial charge on any atom is 0.224 e. The van der Waals surface area contributed by atoms with E-state index >= 15 is 0 Å². The van der Waals surface area contributed by atoms with Crippen LogP contribution in [-0.2, 0) is 24.1 Å². The van der Waals surface area contributed by atoms with Crippen molar-refractivity contribution in [2.45, 2.75) is 38.1 Å². The maximum absolute atomic E-state index is 12.7. The van der Waals surface area contributed by atoms with Gasteiger partial charge < -0.3 is 15.0 Å². The molecule has 0 spiro atoms. The summed E-state index contributed by atoms with van der Waals surface area (Å²) in [6.45, 7) is 0.736. The fourth-order valence-corrected chi connectivity index (χ4v) is 4.50. The Balaban J connectivity index is 1.36. The molecule has 138 valence electrons. The number of rotatable bonds is 3. The van der Waals surface area contributed by atoms with E-state index in [1.807, 2.05) is 30.3 Å². The van der Waals surface area contributed by atoms with E-state index in [4.69, 9.17) is 16.3 Å². The Morgan fingerprint density at radius 1 is 1.22 bits per heavy atom. The van der Waals surface area contributed by atoms with Gasteiger partial charge in [-0.2, -0.15) is 0 Å². The van der Waals surface area contributed by atoms with Crippen molar-refractivity contribution in [2.24, 2.45) is 0 Å². The van der Waals surface area contributed by atoms with Gasteiger partial charge in [0, 0.05) is 28.0 Å². The average molecular weight is 381 g/mol. The van der Waals surface area contributed by atoms with Gasteiger partial charge >= 0.3 is 0 Å². The maximum atomic E-state index is 12.7. The summed E-state index contributed by atoms with van der Waals surface area (Å²) in [5, 5.41) is 5.14. The van der Waals surface area contributed by atoms with E-state index in [-0.39, 0.29) is 11.9 Å². The molecule has 1 aliphatic carbocycles. The number of aryl methyl sites for hydroxylation is 1. The Morgan fingerprint density at radius 2 is 2.15 bits per heavy atom. The Labute approximate surface area is 162 Å². The summed E-state index contributed by atoms with van der Waals surface area (Å²) in [4.78, 5) is 16.2. The number of halogens is 1. The second-order valence-electron chi connectivity index (χ2n) is 7.44. The molecule has 2 aliphatic rings. The van der Waals surface area contributed by atoms with Crippen molar-refractivity contribution in [3.63, 3.8) is 0 Å². The Bertz CT molecular complexity index is 1040. The molecule has 0 saturated heterocycles. The fourth-order valence-electron chi connectivity index (χ4n) is 4.33. The van der Waals surface area contributed by atoms with Gasteiger partial charge in [-0.15, -0.1) is 0 Å². The number of amides is 1. The van der Waals surface area contributed by atoms with Crippen LogP contribution in [0.15, 0.2) is 36.4 Å². The van der Waals surface area contributed by atoms with Gasteiger partial charge in [-0.05, 0) is 60.2 Å². The third kappa shape index (κ3) is 3.08. The van der Waals surface area contributed by atoms with E-state index in [1.165, 1.54) is 16.5 Å². The molecular weight excluding hydrogens is 360 g/mol. The predicted octanol–water partition coefficient (Wildman–Crippen LogP) is 4.49. The highest BCUT2D eigenvalue weighted by Gasteiger charge is 2.26. The number of aromatic amines is 1. The zero-order valence-electron chi connectivity index (χ0n) is 15.0. The second-order valence-corrected chi connectivity index (χ2v) is 7.87. The first-order valence-electron chi connectivity index (χ1n) is 9.51. The highest BCUT2D eigenvalue weighted by molar-refractivity contribution is 6.31. The van der Waals surface area contributed by atoms with Crippen LogP contribution in [0, 0.1) is 0 Å². The minimum absolute atomic E-state index is 0.0260. The number of ether oxygens (including phenoxy) is 1. The van der Waals surface area contributed by atoms with Gasteiger partial charge in [-0.3, -0.25) is 4.79 Å². The fraction of sp³-hybridized carbons (Fsp3) is 0.318. The van der Waals surface area contributed by atoms with Gasteiger partial charge in [0.1, 0.15) is 5.75 Å². The summed E-state index contributed by atoms with van der Waals surface area (Å²) >= 11 is 6.18. The van der Waals surface area contributed by atoms with E-state index in [1.54, 1.807) is 0 Å². The zero-order chi connectivity index (χ0) is 18.4. The van der Waals surface area contributed by atoms with E-state index in [9.17, 15) is 4.79 Å². The summed E-state index contributed by atoms with van der Waals surface area (Å²) in [6.07, 6.45) is 4.35. The lowest BCUT2D eigenvalue weighted by Gasteiger charge is -2.24. The number of nitrogens with one attached hydrogen (secondary N) is 2. The zero-order valence-corrected chi connectivity index (χ0v) is 15.7. The topological polar surface area (TPSA) is 54.1 Å². The van der Waals surface area contributed by atoms with Crippen LogP contribution >= 0.6 is 11.6 Å². The molecule has 1 aliphatic heterocycles. The summed E-state index contributed by atoms with van der Waals surface area (Å²) in [6, 6.07) is 12.1. The number of hydrogen-bond donors (Lipinski definition) is 2. The van der Waals surface area contributed by atoms with Crippen LogP contribution in [0.1, 0.15) is 41.3 Å². The van der Waals surface area contributed by atoms with Crippen LogP contribution in [0.4, 0.5) is 0 Å². The van der Waals surface area contributed by atoms with Crippen LogP contribution in [0.5, 0.6) is 5.75 Å². The Morgan fingerprint density at radius 3 is 3.07 bits per heavy atom. The molecule has 2 N–H and O–H groups in total. The first-order chi connectivity index (χ1) is 13.2. The first-order valence-corrected chi connectivity index (χ1v) is 9.89. The van der Waals surface area contributed by atoms with Gasteiger partial charge in [-0.1, -0.05) is 23.7 Å². The van der Waals surface area contributed by atoms with Crippen molar-refractivity contribution < 1.29 is 9.53 Å². The smallest absolute Gasteiger partial charge is 0.224 e. The lowest BCUT2D eigenvalue weighted by molar-refractivity contribution is -0.121. The van der Waals surface area contributed by atoms with Crippen LogP contribution < -0.4 is 10.1 Å². The molecule has 27 heavy (non-hydrogen) atoms. The van der Waals surface area contributed by atoms with E-state index in [0.717, 1.165) is 59.8 Å². The predicted molar refractivity (Wildman–Crippen MR) is 106 cm³/mol. The number of H-pyrrole nitrogens is 1. The molecule has 0 bridgehead atoms. The molecule has 5 rings (SSSR count). The van der Waals surface area contributed by atoms with E-state index in [2.05, 4.69) is 16.4 Å². The van der Waals surface area contributed by atoms with Crippen molar-refractivity contribution in [2.75, 3.05) is 6.61 Å². The van der Waals surface area contributed by atoms with Crippen molar-refractivity contribution >= 4 is 28.4 Å². The second kappa shape index (κ2) is 6.61. The number of aromatic nitrogens is 1. The number of carbonyl (C=O) groups excluding carboxylic acids is 1. The van der Waals surface area contributed by atoms with Gasteiger partial charge in [0.2, 0.25) is 5.91 Å². The SMILES string of the molecule is O=C(Cc1ccc2c(c1)OCC2)N[C@H]1CCCc2c1[nH]c1ccc(Cl)cc21. The molecule has 0 saturated carbocycles. The van der Waals surface area contributed by atoms with E-state index < -0.39 is 0 Å². The van der Waals surface area contributed by atoms with Crippen molar-refractivity contribution in [1.29, 1.82) is 0 Å². The highest BCUT2D eigenvalue weighted by Crippen LogP contribution is 2.36. The van der Waals surface area contributed by atoms with Crippen molar-refractivity contribution in [3.8, 4) is 5.75 Å². The summed E-state index contributed by atoms with van der Waals surface area (Å²) in [5.41, 5.74) is 5.72. The molecular formula is C22H21ClN2O2. The first kappa shape index (κ1) is 16.7. The normalized spacial score (nSPS) is 18.0. The quantitative estimate of drug-likeness (QED) is 0.703. The van der Waals surface area contributed by atoms with Gasteiger partial charge in [-0.25, -0.2) is 0 Å². The van der Waals surface area contributed by atoms with Crippen molar-refractivity contribution in [3.05, 3.63) is 63.8 Å². The summed E-state index contributed by atoms with van der Waals surface area (Å²) in [7, 11) is 0. The third-order valence-corrected chi connectivity index (χ3v) is 5.86. The molecule has 5 heteroatoms. The monoisotopic (exact) mass is 380 g/mol. The standard InChI is InChI=1S/C22H21ClN2O2/c23-15-6-7-18-17(12-15)16-2-1-3-19(22(16)25-18)24-21(26)11-13-4-5-14-8-9-27-20(14)10-13/h4-7,10,12,19,25H,1-3,8-9,11H2,(H,24,26)/t19-/m0/s1. The number of hydrogen-bond acceptors (Lipinski definition) is 2. The minimum Gasteiger partial charge on any atom is -0.493 e. The molecule has 2 heterocycles.